The molecule has 0 unspecified atom stereocenters. The summed E-state index contributed by atoms with van der Waals surface area (Å²) < 4.78 is 0.539. The van der Waals surface area contributed by atoms with Crippen molar-refractivity contribution >= 4 is 33.5 Å². The van der Waals surface area contributed by atoms with E-state index in [2.05, 4.69) is 15.9 Å². The first-order valence-corrected chi connectivity index (χ1v) is 6.46. The minimum Gasteiger partial charge on any atom is -0.480 e. The highest BCUT2D eigenvalue weighted by Gasteiger charge is 2.39. The number of hydrogen-bond donors (Lipinski definition) is 3. The summed E-state index contributed by atoms with van der Waals surface area (Å²) in [6, 6.07) is 3.74. The maximum absolute atomic E-state index is 12.3. The number of likely N-dealkylation sites (tertiary alicyclic amines) is 1. The van der Waals surface area contributed by atoms with Crippen LogP contribution < -0.4 is 5.73 Å². The van der Waals surface area contributed by atoms with E-state index in [1.165, 1.54) is 6.07 Å². The number of halogens is 1. The fraction of sp³-hybridized carbons (Fsp3) is 0.333. The Morgan fingerprint density at radius 2 is 2.11 bits per heavy atom. The van der Waals surface area contributed by atoms with E-state index < -0.39 is 24.0 Å². The predicted molar refractivity (Wildman–Crippen MR) is 71.6 cm³/mol. The van der Waals surface area contributed by atoms with Crippen LogP contribution in [0, 0.1) is 0 Å². The Morgan fingerprint density at radius 3 is 2.74 bits per heavy atom. The SMILES string of the molecule is Nc1ccc(Br)c(C(=O)N2C[C@H](O)C[C@@H]2C(=O)O)c1. The third kappa shape index (κ3) is 2.71. The highest BCUT2D eigenvalue weighted by Crippen LogP contribution is 2.26. The summed E-state index contributed by atoms with van der Waals surface area (Å²) >= 11 is 3.24. The Labute approximate surface area is 117 Å². The summed E-state index contributed by atoms with van der Waals surface area (Å²) in [5.41, 5.74) is 6.34. The first kappa shape index (κ1) is 13.8. The number of hydrogen-bond acceptors (Lipinski definition) is 4. The summed E-state index contributed by atoms with van der Waals surface area (Å²) in [5, 5.41) is 18.6. The quantitative estimate of drug-likeness (QED) is 0.693. The largest absolute Gasteiger partial charge is 0.480 e. The zero-order chi connectivity index (χ0) is 14.2. The van der Waals surface area contributed by atoms with Crippen molar-refractivity contribution in [1.82, 2.24) is 4.90 Å². The molecule has 1 aromatic rings. The summed E-state index contributed by atoms with van der Waals surface area (Å²) in [6.45, 7) is 0.0110. The van der Waals surface area contributed by atoms with E-state index in [0.717, 1.165) is 4.90 Å². The monoisotopic (exact) mass is 328 g/mol. The van der Waals surface area contributed by atoms with Crippen molar-refractivity contribution in [2.75, 3.05) is 12.3 Å². The zero-order valence-corrected chi connectivity index (χ0v) is 11.5. The van der Waals surface area contributed by atoms with Crippen LogP contribution >= 0.6 is 15.9 Å². The number of benzene rings is 1. The van der Waals surface area contributed by atoms with E-state index in [4.69, 9.17) is 10.8 Å². The number of carboxylic acid groups (broad SMARTS) is 1. The molecule has 1 aliphatic rings. The van der Waals surface area contributed by atoms with Crippen LogP contribution in [0.5, 0.6) is 0 Å². The Morgan fingerprint density at radius 1 is 1.42 bits per heavy atom. The molecule has 1 fully saturated rings. The molecular formula is C12H13BrN2O4. The van der Waals surface area contributed by atoms with Gasteiger partial charge in [-0.2, -0.15) is 0 Å². The number of β-amino-alcohol motifs (C(OH)–C–C–N with tert-alkyl or cyclic N) is 1. The molecule has 1 aliphatic heterocycles. The highest BCUT2D eigenvalue weighted by atomic mass is 79.9. The van der Waals surface area contributed by atoms with Gasteiger partial charge in [-0.15, -0.1) is 0 Å². The van der Waals surface area contributed by atoms with Gasteiger partial charge in [0.1, 0.15) is 6.04 Å². The van der Waals surface area contributed by atoms with Crippen molar-refractivity contribution < 1.29 is 19.8 Å². The Kier molecular flexibility index (Phi) is 3.77. The van der Waals surface area contributed by atoms with Gasteiger partial charge in [0.2, 0.25) is 0 Å². The molecule has 1 heterocycles. The fourth-order valence-corrected chi connectivity index (χ4v) is 2.55. The van der Waals surface area contributed by atoms with Crippen molar-refractivity contribution in [3.63, 3.8) is 0 Å². The molecule has 1 saturated heterocycles. The number of amides is 1. The molecule has 6 nitrogen and oxygen atoms in total. The highest BCUT2D eigenvalue weighted by molar-refractivity contribution is 9.10. The summed E-state index contributed by atoms with van der Waals surface area (Å²) in [4.78, 5) is 24.6. The maximum atomic E-state index is 12.3. The van der Waals surface area contributed by atoms with E-state index in [9.17, 15) is 14.7 Å². The molecule has 0 bridgehead atoms. The second-order valence-electron chi connectivity index (χ2n) is 4.44. The second kappa shape index (κ2) is 5.18. The van der Waals surface area contributed by atoms with Crippen LogP contribution in [0.4, 0.5) is 5.69 Å². The van der Waals surface area contributed by atoms with E-state index in [0.29, 0.717) is 15.7 Å². The van der Waals surface area contributed by atoms with Crippen LogP contribution in [0.2, 0.25) is 0 Å². The van der Waals surface area contributed by atoms with Gasteiger partial charge in [0.25, 0.3) is 5.91 Å². The number of aliphatic hydroxyl groups is 1. The minimum atomic E-state index is -1.12. The van der Waals surface area contributed by atoms with E-state index in [1.54, 1.807) is 12.1 Å². The molecular weight excluding hydrogens is 316 g/mol. The normalized spacial score (nSPS) is 22.5. The van der Waals surface area contributed by atoms with Gasteiger partial charge in [-0.25, -0.2) is 4.79 Å². The lowest BCUT2D eigenvalue weighted by Gasteiger charge is -2.21. The molecule has 0 radical (unpaired) electrons. The van der Waals surface area contributed by atoms with Gasteiger partial charge < -0.3 is 20.8 Å². The fourth-order valence-electron chi connectivity index (χ4n) is 2.13. The van der Waals surface area contributed by atoms with Crippen molar-refractivity contribution in [2.45, 2.75) is 18.6 Å². The average molecular weight is 329 g/mol. The zero-order valence-electron chi connectivity index (χ0n) is 9.91. The Hall–Kier alpha value is -1.60. The van der Waals surface area contributed by atoms with E-state index >= 15 is 0 Å². The lowest BCUT2D eigenvalue weighted by Crippen LogP contribution is -2.40. The molecule has 0 aromatic heterocycles. The molecule has 1 amide bonds. The molecule has 0 saturated carbocycles. The molecule has 0 aliphatic carbocycles. The molecule has 19 heavy (non-hydrogen) atoms. The van der Waals surface area contributed by atoms with Crippen molar-refractivity contribution in [3.8, 4) is 0 Å². The van der Waals surface area contributed by atoms with Gasteiger partial charge in [0.15, 0.2) is 0 Å². The Balaban J connectivity index is 2.33. The Bertz CT molecular complexity index is 534. The van der Waals surface area contributed by atoms with Crippen LogP contribution in [0.3, 0.4) is 0 Å². The van der Waals surface area contributed by atoms with Crippen molar-refractivity contribution in [1.29, 1.82) is 0 Å². The van der Waals surface area contributed by atoms with E-state index in [1.807, 2.05) is 0 Å². The van der Waals surface area contributed by atoms with E-state index in [-0.39, 0.29) is 13.0 Å². The lowest BCUT2D eigenvalue weighted by atomic mass is 10.1. The van der Waals surface area contributed by atoms with Crippen LogP contribution in [0.25, 0.3) is 0 Å². The number of carbonyl (C=O) groups excluding carboxylic acids is 1. The third-order valence-electron chi connectivity index (χ3n) is 3.05. The third-order valence-corrected chi connectivity index (χ3v) is 3.74. The summed E-state index contributed by atoms with van der Waals surface area (Å²) in [5.74, 6) is -1.58. The molecule has 4 N–H and O–H groups in total. The first-order chi connectivity index (χ1) is 8.90. The first-order valence-electron chi connectivity index (χ1n) is 5.67. The number of nitrogens with two attached hydrogens (primary N) is 1. The molecule has 2 atom stereocenters. The molecule has 0 spiro atoms. The van der Waals surface area contributed by atoms with Gasteiger partial charge in [0, 0.05) is 23.1 Å². The number of aliphatic carboxylic acids is 1. The number of anilines is 1. The number of carboxylic acids is 1. The number of carbonyl (C=O) groups is 2. The van der Waals surface area contributed by atoms with Gasteiger partial charge in [-0.3, -0.25) is 4.79 Å². The smallest absolute Gasteiger partial charge is 0.326 e. The van der Waals surface area contributed by atoms with Gasteiger partial charge in [0.05, 0.1) is 11.7 Å². The topological polar surface area (TPSA) is 104 Å². The van der Waals surface area contributed by atoms with Gasteiger partial charge >= 0.3 is 5.97 Å². The summed E-state index contributed by atoms with van der Waals surface area (Å²) in [7, 11) is 0. The number of rotatable bonds is 2. The average Bonchev–Trinajstić information content (AvgIpc) is 2.74. The number of nitrogen functional groups attached to an aromatic ring is 1. The molecule has 102 valence electrons. The summed E-state index contributed by atoms with van der Waals surface area (Å²) in [6.07, 6.45) is -0.772. The number of aliphatic hydroxyl groups excluding tert-OH is 1. The van der Waals surface area contributed by atoms with Crippen LogP contribution in [0.1, 0.15) is 16.8 Å². The number of nitrogens with zero attached hydrogens (tertiary/aromatic N) is 1. The lowest BCUT2D eigenvalue weighted by molar-refractivity contribution is -0.141. The standard InChI is InChI=1S/C12H13BrN2O4/c13-9-2-1-6(14)3-8(9)11(17)15-5-7(16)4-10(15)12(18)19/h1-3,7,10,16H,4-5,14H2,(H,18,19)/t7-,10-/m1/s1. The van der Waals surface area contributed by atoms with Gasteiger partial charge in [-0.05, 0) is 34.1 Å². The van der Waals surface area contributed by atoms with Crippen LogP contribution in [0.15, 0.2) is 22.7 Å². The molecule has 1 aromatic carbocycles. The predicted octanol–water partition coefficient (Wildman–Crippen LogP) is 0.691. The minimum absolute atomic E-state index is 0.0110. The van der Waals surface area contributed by atoms with Gasteiger partial charge in [-0.1, -0.05) is 0 Å². The molecule has 2 rings (SSSR count). The van der Waals surface area contributed by atoms with Crippen molar-refractivity contribution in [2.24, 2.45) is 0 Å². The van der Waals surface area contributed by atoms with Crippen molar-refractivity contribution in [3.05, 3.63) is 28.2 Å². The van der Waals surface area contributed by atoms with Crippen LogP contribution in [-0.4, -0.2) is 45.7 Å². The van der Waals surface area contributed by atoms with Crippen LogP contribution in [-0.2, 0) is 4.79 Å². The maximum Gasteiger partial charge on any atom is 0.326 e. The second-order valence-corrected chi connectivity index (χ2v) is 5.29. The molecule has 7 heteroatoms.